The van der Waals surface area contributed by atoms with Crippen LogP contribution in [-0.4, -0.2) is 6.04 Å². The van der Waals surface area contributed by atoms with Crippen LogP contribution in [0.2, 0.25) is 0 Å². The van der Waals surface area contributed by atoms with Crippen molar-refractivity contribution in [3.63, 3.8) is 0 Å². The lowest BCUT2D eigenvalue weighted by molar-refractivity contribution is 0.664. The Bertz CT molecular complexity index is 508. The Hall–Kier alpha value is -1.12. The number of hydrogen-bond donors (Lipinski definition) is 1. The van der Waals surface area contributed by atoms with E-state index in [4.69, 9.17) is 5.73 Å². The van der Waals surface area contributed by atoms with Crippen LogP contribution in [0.4, 0.5) is 0 Å². The highest BCUT2D eigenvalue weighted by Gasteiger charge is 2.06. The molecule has 0 aliphatic rings. The summed E-state index contributed by atoms with van der Waals surface area (Å²) in [6.07, 6.45) is 1.83. The van der Waals surface area contributed by atoms with Gasteiger partial charge in [0.1, 0.15) is 0 Å². The van der Waals surface area contributed by atoms with Gasteiger partial charge in [0.15, 0.2) is 0 Å². The van der Waals surface area contributed by atoms with Crippen molar-refractivity contribution in [1.82, 2.24) is 0 Å². The van der Waals surface area contributed by atoms with Gasteiger partial charge >= 0.3 is 0 Å². The van der Waals surface area contributed by atoms with E-state index in [1.165, 1.54) is 16.7 Å². The first kappa shape index (κ1) is 13.3. The lowest BCUT2D eigenvalue weighted by atomic mass is 9.99. The standard InChI is InChI=1S/C16H18BrN/c1-12-7-8-14(11-16(12)17)10-15(18)9-13-5-3-2-4-6-13/h2-8,11,15H,9-10,18H2,1H3. The van der Waals surface area contributed by atoms with Gasteiger partial charge in [-0.3, -0.25) is 0 Å². The van der Waals surface area contributed by atoms with E-state index in [2.05, 4.69) is 65.3 Å². The van der Waals surface area contributed by atoms with Crippen LogP contribution in [0.5, 0.6) is 0 Å². The second kappa shape index (κ2) is 6.17. The minimum atomic E-state index is 0.169. The van der Waals surface area contributed by atoms with E-state index in [-0.39, 0.29) is 6.04 Å². The van der Waals surface area contributed by atoms with E-state index in [0.717, 1.165) is 17.3 Å². The van der Waals surface area contributed by atoms with E-state index < -0.39 is 0 Å². The number of halogens is 1. The van der Waals surface area contributed by atoms with E-state index in [9.17, 15) is 0 Å². The molecule has 0 radical (unpaired) electrons. The van der Waals surface area contributed by atoms with Crippen molar-refractivity contribution < 1.29 is 0 Å². The Balaban J connectivity index is 1.99. The lowest BCUT2D eigenvalue weighted by Gasteiger charge is -2.12. The van der Waals surface area contributed by atoms with Crippen LogP contribution in [0.1, 0.15) is 16.7 Å². The minimum absolute atomic E-state index is 0.169. The van der Waals surface area contributed by atoms with Gasteiger partial charge in [0, 0.05) is 10.5 Å². The summed E-state index contributed by atoms with van der Waals surface area (Å²) in [6.45, 7) is 2.10. The highest BCUT2D eigenvalue weighted by Crippen LogP contribution is 2.18. The molecule has 2 aromatic carbocycles. The highest BCUT2D eigenvalue weighted by molar-refractivity contribution is 9.10. The van der Waals surface area contributed by atoms with Crippen molar-refractivity contribution in [2.45, 2.75) is 25.8 Å². The summed E-state index contributed by atoms with van der Waals surface area (Å²) in [5.74, 6) is 0. The molecule has 0 spiro atoms. The van der Waals surface area contributed by atoms with Gasteiger partial charge in [-0.15, -0.1) is 0 Å². The molecule has 0 heterocycles. The molecule has 1 unspecified atom stereocenters. The van der Waals surface area contributed by atoms with Gasteiger partial charge in [-0.2, -0.15) is 0 Å². The third kappa shape index (κ3) is 3.69. The summed E-state index contributed by atoms with van der Waals surface area (Å²) < 4.78 is 1.16. The molecule has 2 aromatic rings. The van der Waals surface area contributed by atoms with Crippen LogP contribution in [0.15, 0.2) is 53.0 Å². The molecule has 0 fully saturated rings. The monoisotopic (exact) mass is 303 g/mol. The summed E-state index contributed by atoms with van der Waals surface area (Å²) in [6, 6.07) is 17.0. The number of nitrogens with two attached hydrogens (primary N) is 1. The van der Waals surface area contributed by atoms with Gasteiger partial charge in [0.05, 0.1) is 0 Å². The largest absolute Gasteiger partial charge is 0.327 e. The Morgan fingerprint density at radius 2 is 1.67 bits per heavy atom. The maximum Gasteiger partial charge on any atom is 0.0207 e. The van der Waals surface area contributed by atoms with Crippen molar-refractivity contribution >= 4 is 15.9 Å². The molecule has 1 nitrogen and oxygen atoms in total. The fourth-order valence-electron chi connectivity index (χ4n) is 2.06. The normalized spacial score (nSPS) is 12.4. The van der Waals surface area contributed by atoms with Crippen molar-refractivity contribution in [2.24, 2.45) is 5.73 Å². The van der Waals surface area contributed by atoms with Gasteiger partial charge in [0.25, 0.3) is 0 Å². The first-order valence-electron chi connectivity index (χ1n) is 6.19. The number of rotatable bonds is 4. The second-order valence-electron chi connectivity index (χ2n) is 4.74. The van der Waals surface area contributed by atoms with Gasteiger partial charge in [-0.25, -0.2) is 0 Å². The summed E-state index contributed by atoms with van der Waals surface area (Å²) in [4.78, 5) is 0. The average Bonchev–Trinajstić information content (AvgIpc) is 2.35. The fourth-order valence-corrected chi connectivity index (χ4v) is 2.48. The van der Waals surface area contributed by atoms with Gasteiger partial charge in [0.2, 0.25) is 0 Å². The van der Waals surface area contributed by atoms with Crippen LogP contribution in [0.25, 0.3) is 0 Å². The SMILES string of the molecule is Cc1ccc(CC(N)Cc2ccccc2)cc1Br. The van der Waals surface area contributed by atoms with Crippen LogP contribution < -0.4 is 5.73 Å². The zero-order chi connectivity index (χ0) is 13.0. The predicted molar refractivity (Wildman–Crippen MR) is 80.7 cm³/mol. The van der Waals surface area contributed by atoms with Crippen LogP contribution >= 0.6 is 15.9 Å². The Morgan fingerprint density at radius 3 is 2.33 bits per heavy atom. The van der Waals surface area contributed by atoms with E-state index in [0.29, 0.717) is 0 Å². The third-order valence-corrected chi connectivity index (χ3v) is 3.93. The van der Waals surface area contributed by atoms with Crippen LogP contribution in [-0.2, 0) is 12.8 Å². The van der Waals surface area contributed by atoms with Gasteiger partial charge in [-0.05, 0) is 42.5 Å². The van der Waals surface area contributed by atoms with Crippen molar-refractivity contribution in [1.29, 1.82) is 0 Å². The number of hydrogen-bond acceptors (Lipinski definition) is 1. The Morgan fingerprint density at radius 1 is 1.00 bits per heavy atom. The summed E-state index contributed by atoms with van der Waals surface area (Å²) >= 11 is 3.56. The minimum Gasteiger partial charge on any atom is -0.327 e. The first-order valence-corrected chi connectivity index (χ1v) is 6.99. The zero-order valence-electron chi connectivity index (χ0n) is 10.6. The third-order valence-electron chi connectivity index (χ3n) is 3.07. The van der Waals surface area contributed by atoms with Crippen LogP contribution in [0.3, 0.4) is 0 Å². The van der Waals surface area contributed by atoms with Crippen molar-refractivity contribution in [3.05, 3.63) is 69.7 Å². The summed E-state index contributed by atoms with van der Waals surface area (Å²) in [5, 5.41) is 0. The fraction of sp³-hybridized carbons (Fsp3) is 0.250. The van der Waals surface area contributed by atoms with Gasteiger partial charge < -0.3 is 5.73 Å². The van der Waals surface area contributed by atoms with Crippen molar-refractivity contribution in [3.8, 4) is 0 Å². The molecule has 2 heteroatoms. The molecule has 0 aliphatic heterocycles. The molecule has 0 saturated carbocycles. The molecular formula is C16H18BrN. The maximum atomic E-state index is 6.21. The number of benzene rings is 2. The predicted octanol–water partition coefficient (Wildman–Crippen LogP) is 3.87. The molecule has 1 atom stereocenters. The van der Waals surface area contributed by atoms with E-state index >= 15 is 0 Å². The molecule has 0 aliphatic carbocycles. The van der Waals surface area contributed by atoms with Gasteiger partial charge in [-0.1, -0.05) is 58.4 Å². The smallest absolute Gasteiger partial charge is 0.0207 e. The molecule has 2 N–H and O–H groups in total. The first-order chi connectivity index (χ1) is 8.65. The van der Waals surface area contributed by atoms with E-state index in [1.54, 1.807) is 0 Å². The average molecular weight is 304 g/mol. The number of aryl methyl sites for hydroxylation is 1. The maximum absolute atomic E-state index is 6.21. The molecule has 94 valence electrons. The molecule has 2 rings (SSSR count). The Labute approximate surface area is 117 Å². The lowest BCUT2D eigenvalue weighted by Crippen LogP contribution is -2.25. The van der Waals surface area contributed by atoms with Crippen LogP contribution in [0, 0.1) is 6.92 Å². The quantitative estimate of drug-likeness (QED) is 0.911. The summed E-state index contributed by atoms with van der Waals surface area (Å²) in [7, 11) is 0. The molecule has 0 aromatic heterocycles. The molecule has 18 heavy (non-hydrogen) atoms. The molecule has 0 saturated heterocycles. The topological polar surface area (TPSA) is 26.0 Å². The molecule has 0 bridgehead atoms. The zero-order valence-corrected chi connectivity index (χ0v) is 12.2. The Kier molecular flexibility index (Phi) is 4.56. The van der Waals surface area contributed by atoms with Crippen molar-refractivity contribution in [2.75, 3.05) is 0 Å². The second-order valence-corrected chi connectivity index (χ2v) is 5.59. The highest BCUT2D eigenvalue weighted by atomic mass is 79.9. The molecular weight excluding hydrogens is 286 g/mol. The van der Waals surface area contributed by atoms with E-state index in [1.807, 2.05) is 6.07 Å². The molecule has 0 amide bonds. The summed E-state index contributed by atoms with van der Waals surface area (Å²) in [5.41, 5.74) is 10.1.